The van der Waals surface area contributed by atoms with Crippen molar-refractivity contribution in [2.75, 3.05) is 5.32 Å². The molecule has 0 aliphatic rings. The summed E-state index contributed by atoms with van der Waals surface area (Å²) in [6.07, 6.45) is 0.546. The van der Waals surface area contributed by atoms with E-state index in [9.17, 15) is 4.79 Å². The topological polar surface area (TPSA) is 67.2 Å². The van der Waals surface area contributed by atoms with Gasteiger partial charge in [-0.15, -0.1) is 0 Å². The van der Waals surface area contributed by atoms with Crippen LogP contribution in [0.5, 0.6) is 0 Å². The maximum Gasteiger partial charge on any atom is 0.257 e. The molecule has 0 radical (unpaired) electrons. The maximum absolute atomic E-state index is 12.2. The number of carbonyl (C=O) groups is 1. The number of hydrogen-bond donors (Lipinski definition) is 2. The van der Waals surface area contributed by atoms with Crippen LogP contribution in [0.1, 0.15) is 21.8 Å². The first-order valence-corrected chi connectivity index (χ1v) is 10.1. The SMILES string of the molecule is O=C(NC(=S)Nc1ccc(Cc2nc3cc(Cl)ccc3o2)cc1)c1ccc(Cl)cc1. The van der Waals surface area contributed by atoms with E-state index in [1.807, 2.05) is 24.3 Å². The Hall–Kier alpha value is -2.93. The molecule has 1 amide bonds. The summed E-state index contributed by atoms with van der Waals surface area (Å²) in [5, 5.41) is 7.03. The fourth-order valence-electron chi connectivity index (χ4n) is 2.84. The van der Waals surface area contributed by atoms with Crippen LogP contribution in [-0.2, 0) is 6.42 Å². The Morgan fingerprint density at radius 3 is 2.40 bits per heavy atom. The molecular formula is C22H15Cl2N3O2S. The number of carbonyl (C=O) groups excluding carboxylic acids is 1. The Balaban J connectivity index is 1.36. The van der Waals surface area contributed by atoms with Gasteiger partial charge in [0.1, 0.15) is 5.52 Å². The van der Waals surface area contributed by atoms with Crippen molar-refractivity contribution in [3.05, 3.63) is 93.8 Å². The maximum atomic E-state index is 12.2. The summed E-state index contributed by atoms with van der Waals surface area (Å²) < 4.78 is 5.75. The van der Waals surface area contributed by atoms with E-state index in [1.165, 1.54) is 0 Å². The fraction of sp³-hybridized carbons (Fsp3) is 0.0455. The molecule has 0 aliphatic carbocycles. The van der Waals surface area contributed by atoms with Gasteiger partial charge in [0.2, 0.25) is 0 Å². The number of fused-ring (bicyclic) bond motifs is 1. The monoisotopic (exact) mass is 455 g/mol. The minimum absolute atomic E-state index is 0.207. The average molecular weight is 456 g/mol. The Morgan fingerprint density at radius 1 is 0.967 bits per heavy atom. The van der Waals surface area contributed by atoms with Gasteiger partial charge in [0, 0.05) is 27.7 Å². The highest BCUT2D eigenvalue weighted by Crippen LogP contribution is 2.22. The second kappa shape index (κ2) is 8.83. The summed E-state index contributed by atoms with van der Waals surface area (Å²) in [5.74, 6) is 0.301. The lowest BCUT2D eigenvalue weighted by molar-refractivity contribution is 0.0977. The number of hydrogen-bond acceptors (Lipinski definition) is 4. The zero-order valence-corrected chi connectivity index (χ0v) is 17.8. The third-order valence-electron chi connectivity index (χ3n) is 4.29. The second-order valence-electron chi connectivity index (χ2n) is 6.51. The highest BCUT2D eigenvalue weighted by Gasteiger charge is 2.09. The molecule has 0 saturated carbocycles. The van der Waals surface area contributed by atoms with Crippen LogP contribution in [-0.4, -0.2) is 16.0 Å². The first-order chi connectivity index (χ1) is 14.5. The van der Waals surface area contributed by atoms with Crippen molar-refractivity contribution in [2.24, 2.45) is 0 Å². The molecule has 0 bridgehead atoms. The fourth-order valence-corrected chi connectivity index (χ4v) is 3.35. The number of amides is 1. The molecule has 0 spiro atoms. The average Bonchev–Trinajstić information content (AvgIpc) is 3.11. The van der Waals surface area contributed by atoms with Crippen LogP contribution in [0.3, 0.4) is 0 Å². The summed E-state index contributed by atoms with van der Waals surface area (Å²) >= 11 is 17.0. The molecule has 0 atom stereocenters. The van der Waals surface area contributed by atoms with Gasteiger partial charge in [-0.1, -0.05) is 35.3 Å². The summed E-state index contributed by atoms with van der Waals surface area (Å²) in [7, 11) is 0. The molecule has 0 fully saturated rings. The van der Waals surface area contributed by atoms with E-state index in [1.54, 1.807) is 42.5 Å². The molecule has 1 heterocycles. The molecular weight excluding hydrogens is 441 g/mol. The molecule has 2 N–H and O–H groups in total. The molecule has 0 unspecified atom stereocenters. The van der Waals surface area contributed by atoms with Gasteiger partial charge in [-0.2, -0.15) is 0 Å². The van der Waals surface area contributed by atoms with E-state index in [0.717, 1.165) is 16.8 Å². The Bertz CT molecular complexity index is 1220. The van der Waals surface area contributed by atoms with Crippen LogP contribution in [0.2, 0.25) is 10.0 Å². The summed E-state index contributed by atoms with van der Waals surface area (Å²) in [6.45, 7) is 0. The molecule has 1 aromatic heterocycles. The molecule has 0 saturated heterocycles. The number of oxazole rings is 1. The summed E-state index contributed by atoms with van der Waals surface area (Å²) in [5.41, 5.74) is 3.68. The van der Waals surface area contributed by atoms with Crippen molar-refractivity contribution in [3.63, 3.8) is 0 Å². The smallest absolute Gasteiger partial charge is 0.257 e. The normalized spacial score (nSPS) is 10.7. The zero-order valence-electron chi connectivity index (χ0n) is 15.5. The summed E-state index contributed by atoms with van der Waals surface area (Å²) in [6, 6.07) is 19.5. The lowest BCUT2D eigenvalue weighted by atomic mass is 10.1. The number of rotatable bonds is 4. The lowest BCUT2D eigenvalue weighted by Crippen LogP contribution is -2.34. The number of halogens is 2. The van der Waals surface area contributed by atoms with Gasteiger partial charge in [0.25, 0.3) is 5.91 Å². The molecule has 4 aromatic rings. The molecule has 150 valence electrons. The highest BCUT2D eigenvalue weighted by molar-refractivity contribution is 7.80. The van der Waals surface area contributed by atoms with Crippen LogP contribution in [0, 0.1) is 0 Å². The predicted molar refractivity (Wildman–Crippen MR) is 123 cm³/mol. The van der Waals surface area contributed by atoms with Gasteiger partial charge in [-0.25, -0.2) is 4.98 Å². The van der Waals surface area contributed by atoms with Gasteiger partial charge in [-0.3, -0.25) is 10.1 Å². The molecule has 8 heteroatoms. The quantitative estimate of drug-likeness (QED) is 0.377. The number of nitrogens with one attached hydrogen (secondary N) is 2. The minimum Gasteiger partial charge on any atom is -0.440 e. The van der Waals surface area contributed by atoms with E-state index in [2.05, 4.69) is 15.6 Å². The highest BCUT2D eigenvalue weighted by atomic mass is 35.5. The molecule has 30 heavy (non-hydrogen) atoms. The summed E-state index contributed by atoms with van der Waals surface area (Å²) in [4.78, 5) is 16.7. The van der Waals surface area contributed by atoms with Crippen molar-refractivity contribution in [1.82, 2.24) is 10.3 Å². The van der Waals surface area contributed by atoms with Gasteiger partial charge in [0.15, 0.2) is 16.6 Å². The van der Waals surface area contributed by atoms with Crippen molar-refractivity contribution in [1.29, 1.82) is 0 Å². The van der Waals surface area contributed by atoms with Crippen LogP contribution >= 0.6 is 35.4 Å². The Labute approximate surface area is 188 Å². The van der Waals surface area contributed by atoms with Crippen molar-refractivity contribution in [2.45, 2.75) is 6.42 Å². The molecule has 0 aliphatic heterocycles. The third kappa shape index (κ3) is 4.97. The van der Waals surface area contributed by atoms with E-state index >= 15 is 0 Å². The van der Waals surface area contributed by atoms with Crippen molar-refractivity contribution >= 4 is 63.2 Å². The van der Waals surface area contributed by atoms with Gasteiger partial charge in [0.05, 0.1) is 0 Å². The van der Waals surface area contributed by atoms with Crippen LogP contribution in [0.4, 0.5) is 5.69 Å². The van der Waals surface area contributed by atoms with E-state index in [0.29, 0.717) is 33.5 Å². The molecule has 4 rings (SSSR count). The number of thiocarbonyl (C=S) groups is 1. The number of aromatic nitrogens is 1. The van der Waals surface area contributed by atoms with Crippen LogP contribution < -0.4 is 10.6 Å². The molecule has 3 aromatic carbocycles. The van der Waals surface area contributed by atoms with Gasteiger partial charge in [-0.05, 0) is 72.4 Å². The minimum atomic E-state index is -0.308. The van der Waals surface area contributed by atoms with Gasteiger partial charge >= 0.3 is 0 Å². The number of anilines is 1. The Kier molecular flexibility index (Phi) is 5.99. The van der Waals surface area contributed by atoms with E-state index in [4.69, 9.17) is 39.8 Å². The van der Waals surface area contributed by atoms with Crippen LogP contribution in [0.25, 0.3) is 11.1 Å². The second-order valence-corrected chi connectivity index (χ2v) is 7.79. The van der Waals surface area contributed by atoms with E-state index < -0.39 is 0 Å². The third-order valence-corrected chi connectivity index (χ3v) is 4.99. The largest absolute Gasteiger partial charge is 0.440 e. The van der Waals surface area contributed by atoms with Crippen LogP contribution in [0.15, 0.2) is 71.1 Å². The number of benzene rings is 3. The lowest BCUT2D eigenvalue weighted by Gasteiger charge is -2.10. The zero-order chi connectivity index (χ0) is 21.1. The first-order valence-electron chi connectivity index (χ1n) is 8.98. The molecule has 5 nitrogen and oxygen atoms in total. The van der Waals surface area contributed by atoms with Crippen molar-refractivity contribution in [3.8, 4) is 0 Å². The predicted octanol–water partition coefficient (Wildman–Crippen LogP) is 5.85. The van der Waals surface area contributed by atoms with Gasteiger partial charge < -0.3 is 9.73 Å². The first kappa shape index (κ1) is 20.3. The standard InChI is InChI=1S/C22H15Cl2N3O2S/c23-15-5-3-14(4-6-15)21(28)27-22(30)25-17-8-1-13(2-9-17)11-20-26-18-12-16(24)7-10-19(18)29-20/h1-10,12H,11H2,(H2,25,27,28,30). The number of nitrogens with zero attached hydrogens (tertiary/aromatic N) is 1. The Morgan fingerprint density at radius 2 is 1.67 bits per heavy atom. The van der Waals surface area contributed by atoms with E-state index in [-0.39, 0.29) is 11.0 Å². The van der Waals surface area contributed by atoms with Crippen molar-refractivity contribution < 1.29 is 9.21 Å².